The first-order valence-electron chi connectivity index (χ1n) is 5.23. The van der Waals surface area contributed by atoms with E-state index >= 15 is 0 Å². The maximum absolute atomic E-state index is 13.3. The van der Waals surface area contributed by atoms with Gasteiger partial charge in [0.1, 0.15) is 5.82 Å². The van der Waals surface area contributed by atoms with Crippen LogP contribution >= 0.6 is 11.6 Å². The molecular formula is C12H14ClFO2. The van der Waals surface area contributed by atoms with Crippen LogP contribution in [0.25, 0.3) is 0 Å². The summed E-state index contributed by atoms with van der Waals surface area (Å²) < 4.78 is 18.2. The first-order valence-corrected chi connectivity index (χ1v) is 5.61. The van der Waals surface area contributed by atoms with E-state index in [0.29, 0.717) is 6.61 Å². The maximum Gasteiger partial charge on any atom is 0.310 e. The molecular weight excluding hydrogens is 231 g/mol. The molecule has 0 spiro atoms. The third-order valence-corrected chi connectivity index (χ3v) is 2.50. The smallest absolute Gasteiger partial charge is 0.310 e. The summed E-state index contributed by atoms with van der Waals surface area (Å²) in [6, 6.07) is 4.34. The fourth-order valence-electron chi connectivity index (χ4n) is 1.23. The lowest BCUT2D eigenvalue weighted by Gasteiger charge is -2.06. The van der Waals surface area contributed by atoms with Crippen molar-refractivity contribution in [2.24, 2.45) is 0 Å². The van der Waals surface area contributed by atoms with Crippen molar-refractivity contribution in [2.45, 2.75) is 26.2 Å². The Balaban J connectivity index is 2.56. The van der Waals surface area contributed by atoms with E-state index in [1.165, 1.54) is 12.1 Å². The number of halogens is 2. The van der Waals surface area contributed by atoms with Gasteiger partial charge in [-0.1, -0.05) is 31.0 Å². The van der Waals surface area contributed by atoms with Crippen molar-refractivity contribution in [1.29, 1.82) is 0 Å². The first-order chi connectivity index (χ1) is 7.65. The molecule has 0 amide bonds. The highest BCUT2D eigenvalue weighted by molar-refractivity contribution is 6.31. The lowest BCUT2D eigenvalue weighted by molar-refractivity contribution is -0.142. The van der Waals surface area contributed by atoms with Crippen LogP contribution in [0.3, 0.4) is 0 Å². The van der Waals surface area contributed by atoms with E-state index in [1.54, 1.807) is 6.07 Å². The van der Waals surface area contributed by atoms with E-state index in [-0.39, 0.29) is 17.0 Å². The second-order valence-electron chi connectivity index (χ2n) is 3.45. The molecule has 1 aromatic carbocycles. The van der Waals surface area contributed by atoms with Crippen molar-refractivity contribution in [3.63, 3.8) is 0 Å². The lowest BCUT2D eigenvalue weighted by atomic mass is 10.1. The Labute approximate surface area is 99.4 Å². The highest BCUT2D eigenvalue weighted by Gasteiger charge is 2.12. The van der Waals surface area contributed by atoms with Crippen LogP contribution in [0.4, 0.5) is 4.39 Å². The number of carbonyl (C=O) groups is 1. The minimum Gasteiger partial charge on any atom is -0.465 e. The summed E-state index contributed by atoms with van der Waals surface area (Å²) in [7, 11) is 0. The Morgan fingerprint density at radius 3 is 2.88 bits per heavy atom. The van der Waals surface area contributed by atoms with E-state index in [0.717, 1.165) is 12.8 Å². The Hall–Kier alpha value is -1.09. The van der Waals surface area contributed by atoms with Crippen molar-refractivity contribution in [2.75, 3.05) is 6.61 Å². The van der Waals surface area contributed by atoms with Gasteiger partial charge in [0.15, 0.2) is 0 Å². The third-order valence-electron chi connectivity index (χ3n) is 2.14. The topological polar surface area (TPSA) is 26.3 Å². The number of unbranched alkanes of at least 4 members (excludes halogenated alkanes) is 1. The zero-order valence-electron chi connectivity index (χ0n) is 9.13. The molecule has 0 unspecified atom stereocenters. The lowest BCUT2D eigenvalue weighted by Crippen LogP contribution is -2.10. The Morgan fingerprint density at radius 2 is 2.25 bits per heavy atom. The van der Waals surface area contributed by atoms with Crippen LogP contribution in [0, 0.1) is 5.82 Å². The molecule has 0 N–H and O–H groups in total. The number of hydrogen-bond donors (Lipinski definition) is 0. The van der Waals surface area contributed by atoms with Crippen molar-refractivity contribution in [1.82, 2.24) is 0 Å². The molecule has 0 saturated heterocycles. The minimum absolute atomic E-state index is 0.116. The summed E-state index contributed by atoms with van der Waals surface area (Å²) in [6.45, 7) is 2.38. The maximum atomic E-state index is 13.3. The quantitative estimate of drug-likeness (QED) is 0.586. The van der Waals surface area contributed by atoms with E-state index < -0.39 is 11.8 Å². The summed E-state index contributed by atoms with van der Waals surface area (Å²) in [5.74, 6) is -0.916. The number of ether oxygens (including phenoxy) is 1. The Morgan fingerprint density at radius 1 is 1.50 bits per heavy atom. The second kappa shape index (κ2) is 6.48. The molecule has 0 fully saturated rings. The van der Waals surface area contributed by atoms with Gasteiger partial charge in [-0.25, -0.2) is 4.39 Å². The van der Waals surface area contributed by atoms with Gasteiger partial charge in [0.25, 0.3) is 0 Å². The normalized spacial score (nSPS) is 10.2. The summed E-state index contributed by atoms with van der Waals surface area (Å²) >= 11 is 5.79. The zero-order valence-corrected chi connectivity index (χ0v) is 9.89. The van der Waals surface area contributed by atoms with Gasteiger partial charge in [0.05, 0.1) is 13.0 Å². The molecule has 0 aliphatic heterocycles. The van der Waals surface area contributed by atoms with Gasteiger partial charge in [0, 0.05) is 10.6 Å². The minimum atomic E-state index is -0.472. The van der Waals surface area contributed by atoms with E-state index in [1.807, 2.05) is 6.92 Å². The number of carbonyl (C=O) groups excluding carboxylic acids is 1. The van der Waals surface area contributed by atoms with E-state index in [4.69, 9.17) is 16.3 Å². The molecule has 4 heteroatoms. The first kappa shape index (κ1) is 13.0. The van der Waals surface area contributed by atoms with Gasteiger partial charge in [-0.3, -0.25) is 4.79 Å². The fraction of sp³-hybridized carbons (Fsp3) is 0.417. The van der Waals surface area contributed by atoms with Gasteiger partial charge in [-0.2, -0.15) is 0 Å². The molecule has 16 heavy (non-hydrogen) atoms. The molecule has 88 valence electrons. The van der Waals surface area contributed by atoms with Gasteiger partial charge < -0.3 is 4.74 Å². The SMILES string of the molecule is CCCCOC(=O)Cc1c(F)cccc1Cl. The van der Waals surface area contributed by atoms with Crippen molar-refractivity contribution in [3.05, 3.63) is 34.6 Å². The molecule has 0 aromatic heterocycles. The largest absolute Gasteiger partial charge is 0.465 e. The Bertz CT molecular complexity index is 346. The van der Waals surface area contributed by atoms with Crippen LogP contribution in [0.1, 0.15) is 25.3 Å². The van der Waals surface area contributed by atoms with Crippen LogP contribution in [0.15, 0.2) is 18.2 Å². The molecule has 1 aromatic rings. The van der Waals surface area contributed by atoms with Crippen LogP contribution in [0.5, 0.6) is 0 Å². The van der Waals surface area contributed by atoms with Gasteiger partial charge >= 0.3 is 5.97 Å². The summed E-state index contributed by atoms with van der Waals surface area (Å²) in [6.07, 6.45) is 1.65. The molecule has 0 saturated carbocycles. The monoisotopic (exact) mass is 244 g/mol. The summed E-state index contributed by atoms with van der Waals surface area (Å²) in [5, 5.41) is 0.257. The van der Waals surface area contributed by atoms with E-state index in [9.17, 15) is 9.18 Å². The second-order valence-corrected chi connectivity index (χ2v) is 3.86. The number of hydrogen-bond acceptors (Lipinski definition) is 2. The van der Waals surface area contributed by atoms with Crippen molar-refractivity contribution >= 4 is 17.6 Å². The third kappa shape index (κ3) is 3.81. The molecule has 0 aliphatic rings. The molecule has 0 atom stereocenters. The Kier molecular flexibility index (Phi) is 5.26. The molecule has 2 nitrogen and oxygen atoms in total. The van der Waals surface area contributed by atoms with Gasteiger partial charge in [-0.05, 0) is 18.6 Å². The van der Waals surface area contributed by atoms with Crippen LogP contribution < -0.4 is 0 Å². The molecule has 0 aliphatic carbocycles. The molecule has 0 radical (unpaired) electrons. The van der Waals surface area contributed by atoms with E-state index in [2.05, 4.69) is 0 Å². The van der Waals surface area contributed by atoms with Crippen LogP contribution in [-0.4, -0.2) is 12.6 Å². The van der Waals surface area contributed by atoms with Crippen LogP contribution in [0.2, 0.25) is 5.02 Å². The van der Waals surface area contributed by atoms with Crippen molar-refractivity contribution < 1.29 is 13.9 Å². The summed E-state index contributed by atoms with van der Waals surface area (Å²) in [4.78, 5) is 11.3. The predicted molar refractivity (Wildman–Crippen MR) is 61.0 cm³/mol. The zero-order chi connectivity index (χ0) is 12.0. The fourth-order valence-corrected chi connectivity index (χ4v) is 1.46. The average Bonchev–Trinajstić information content (AvgIpc) is 2.24. The predicted octanol–water partition coefficient (Wildman–Crippen LogP) is 3.36. The molecule has 1 rings (SSSR count). The van der Waals surface area contributed by atoms with Gasteiger partial charge in [-0.15, -0.1) is 0 Å². The molecule has 0 heterocycles. The number of esters is 1. The molecule has 0 bridgehead atoms. The number of rotatable bonds is 5. The highest BCUT2D eigenvalue weighted by Crippen LogP contribution is 2.19. The number of benzene rings is 1. The van der Waals surface area contributed by atoms with Crippen LogP contribution in [-0.2, 0) is 16.0 Å². The standard InChI is InChI=1S/C12H14ClFO2/c1-2-3-7-16-12(15)8-9-10(13)5-4-6-11(9)14/h4-6H,2-3,7-8H2,1H3. The van der Waals surface area contributed by atoms with Crippen molar-refractivity contribution in [3.8, 4) is 0 Å². The summed E-state index contributed by atoms with van der Waals surface area (Å²) in [5.41, 5.74) is 0.200. The highest BCUT2D eigenvalue weighted by atomic mass is 35.5. The average molecular weight is 245 g/mol. The van der Waals surface area contributed by atoms with Gasteiger partial charge in [0.2, 0.25) is 0 Å².